The van der Waals surface area contributed by atoms with Gasteiger partial charge in [-0.15, -0.1) is 6.42 Å². The molecular weight excluding hydrogens is 208 g/mol. The number of likely N-dealkylation sites (tertiary alicyclic amines) is 1. The third kappa shape index (κ3) is 2.27. The zero-order valence-corrected chi connectivity index (χ0v) is 9.32. The predicted octanol–water partition coefficient (Wildman–Crippen LogP) is 0.516. The van der Waals surface area contributed by atoms with Crippen LogP contribution in [0.4, 0.5) is 4.79 Å². The molecule has 0 saturated carbocycles. The maximum absolute atomic E-state index is 11.6. The number of terminal acetylenes is 1. The van der Waals surface area contributed by atoms with Gasteiger partial charge in [-0.1, -0.05) is 12.8 Å². The summed E-state index contributed by atoms with van der Waals surface area (Å²) in [5, 5.41) is 11.7. The summed E-state index contributed by atoms with van der Waals surface area (Å²) in [5.41, 5.74) is -0.784. The Labute approximate surface area is 94.8 Å². The molecule has 0 aromatic rings. The van der Waals surface area contributed by atoms with Gasteiger partial charge >= 0.3 is 12.0 Å². The summed E-state index contributed by atoms with van der Waals surface area (Å²) in [4.78, 5) is 24.2. The summed E-state index contributed by atoms with van der Waals surface area (Å²) in [7, 11) is 0. The summed E-state index contributed by atoms with van der Waals surface area (Å²) in [6, 6.07) is -0.283. The van der Waals surface area contributed by atoms with Crippen molar-refractivity contribution in [2.24, 2.45) is 5.41 Å². The van der Waals surface area contributed by atoms with Crippen molar-refractivity contribution >= 4 is 12.0 Å². The SMILES string of the molecule is C#CCNC(=O)N1CCC(CC)(C(=O)O)C1. The number of nitrogens with zero attached hydrogens (tertiary/aromatic N) is 1. The number of carbonyl (C=O) groups is 2. The molecule has 2 amide bonds. The Kier molecular flexibility index (Phi) is 3.78. The van der Waals surface area contributed by atoms with E-state index >= 15 is 0 Å². The van der Waals surface area contributed by atoms with Crippen LogP contribution in [-0.2, 0) is 4.79 Å². The van der Waals surface area contributed by atoms with Gasteiger partial charge in [-0.2, -0.15) is 0 Å². The number of nitrogens with one attached hydrogen (secondary N) is 1. The molecule has 16 heavy (non-hydrogen) atoms. The summed E-state index contributed by atoms with van der Waals surface area (Å²) in [5.74, 6) is 1.47. The Morgan fingerprint density at radius 2 is 2.31 bits per heavy atom. The minimum Gasteiger partial charge on any atom is -0.481 e. The first kappa shape index (κ1) is 12.4. The van der Waals surface area contributed by atoms with Crippen LogP contribution >= 0.6 is 0 Å². The monoisotopic (exact) mass is 224 g/mol. The molecule has 0 bridgehead atoms. The number of amides is 2. The lowest BCUT2D eigenvalue weighted by Crippen LogP contribution is -2.41. The minimum absolute atomic E-state index is 0.168. The number of carboxylic acid groups (broad SMARTS) is 1. The van der Waals surface area contributed by atoms with Gasteiger partial charge in [0.05, 0.1) is 12.0 Å². The molecule has 2 N–H and O–H groups in total. The molecule has 1 heterocycles. The summed E-state index contributed by atoms with van der Waals surface area (Å²) >= 11 is 0. The van der Waals surface area contributed by atoms with Crippen molar-refractivity contribution in [2.45, 2.75) is 19.8 Å². The minimum atomic E-state index is -0.831. The fourth-order valence-electron chi connectivity index (χ4n) is 1.90. The van der Waals surface area contributed by atoms with Crippen LogP contribution in [0.25, 0.3) is 0 Å². The molecule has 0 aromatic heterocycles. The third-order valence-electron chi connectivity index (χ3n) is 3.11. The zero-order valence-electron chi connectivity index (χ0n) is 9.32. The van der Waals surface area contributed by atoms with Crippen molar-refractivity contribution in [2.75, 3.05) is 19.6 Å². The Bertz CT molecular complexity index is 335. The molecular formula is C11H16N2O3. The number of urea groups is 1. The van der Waals surface area contributed by atoms with Crippen molar-refractivity contribution in [3.8, 4) is 12.3 Å². The number of hydrogen-bond acceptors (Lipinski definition) is 2. The molecule has 88 valence electrons. The van der Waals surface area contributed by atoms with Crippen LogP contribution in [0.3, 0.4) is 0 Å². The van der Waals surface area contributed by atoms with E-state index in [0.717, 1.165) is 0 Å². The highest BCUT2D eigenvalue weighted by molar-refractivity contribution is 5.79. The maximum Gasteiger partial charge on any atom is 0.318 e. The lowest BCUT2D eigenvalue weighted by Gasteiger charge is -2.22. The van der Waals surface area contributed by atoms with E-state index in [1.165, 1.54) is 4.90 Å². The molecule has 5 nitrogen and oxygen atoms in total. The van der Waals surface area contributed by atoms with Gasteiger partial charge < -0.3 is 15.3 Å². The Morgan fingerprint density at radius 1 is 1.62 bits per heavy atom. The first-order valence-electron chi connectivity index (χ1n) is 5.25. The average molecular weight is 224 g/mol. The standard InChI is InChI=1S/C11H16N2O3/c1-3-6-12-10(16)13-7-5-11(4-2,8-13)9(14)15/h1H,4-8H2,2H3,(H,12,16)(H,14,15). The fraction of sp³-hybridized carbons (Fsp3) is 0.636. The van der Waals surface area contributed by atoms with E-state index in [9.17, 15) is 9.59 Å². The van der Waals surface area contributed by atoms with Crippen molar-refractivity contribution in [3.63, 3.8) is 0 Å². The van der Waals surface area contributed by atoms with Crippen LogP contribution in [0.1, 0.15) is 19.8 Å². The normalized spacial score (nSPS) is 23.9. The first-order chi connectivity index (χ1) is 7.55. The first-order valence-corrected chi connectivity index (χ1v) is 5.25. The highest BCUT2D eigenvalue weighted by atomic mass is 16.4. The van der Waals surface area contributed by atoms with E-state index in [4.69, 9.17) is 11.5 Å². The number of hydrogen-bond donors (Lipinski definition) is 2. The Hall–Kier alpha value is -1.70. The van der Waals surface area contributed by atoms with Crippen LogP contribution < -0.4 is 5.32 Å². The second kappa shape index (κ2) is 4.88. The highest BCUT2D eigenvalue weighted by Crippen LogP contribution is 2.33. The quantitative estimate of drug-likeness (QED) is 0.686. The van der Waals surface area contributed by atoms with Crippen molar-refractivity contribution in [1.82, 2.24) is 10.2 Å². The summed E-state index contributed by atoms with van der Waals surface area (Å²) in [6.45, 7) is 2.73. The molecule has 1 atom stereocenters. The fourth-order valence-corrected chi connectivity index (χ4v) is 1.90. The third-order valence-corrected chi connectivity index (χ3v) is 3.11. The summed E-state index contributed by atoms with van der Waals surface area (Å²) in [6.07, 6.45) is 6.06. The Balaban J connectivity index is 2.61. The molecule has 0 radical (unpaired) electrons. The van der Waals surface area contributed by atoms with E-state index in [1.807, 2.05) is 6.92 Å². The maximum atomic E-state index is 11.6. The van der Waals surface area contributed by atoms with Crippen LogP contribution in [0.2, 0.25) is 0 Å². The molecule has 0 aliphatic carbocycles. The largest absolute Gasteiger partial charge is 0.481 e. The second-order valence-electron chi connectivity index (χ2n) is 3.97. The van der Waals surface area contributed by atoms with Gasteiger partial charge in [-0.05, 0) is 12.8 Å². The molecule has 0 spiro atoms. The van der Waals surface area contributed by atoms with Gasteiger partial charge in [0, 0.05) is 13.1 Å². The molecule has 1 aliphatic heterocycles. The van der Waals surface area contributed by atoms with Gasteiger partial charge in [0.1, 0.15) is 0 Å². The van der Waals surface area contributed by atoms with Crippen LogP contribution in [0.15, 0.2) is 0 Å². The Morgan fingerprint density at radius 3 is 2.75 bits per heavy atom. The molecule has 1 saturated heterocycles. The van der Waals surface area contributed by atoms with Crippen LogP contribution in [-0.4, -0.2) is 41.6 Å². The van der Waals surface area contributed by atoms with Gasteiger partial charge in [0.15, 0.2) is 0 Å². The average Bonchev–Trinajstić information content (AvgIpc) is 2.71. The van der Waals surface area contributed by atoms with Gasteiger partial charge in [0.25, 0.3) is 0 Å². The van der Waals surface area contributed by atoms with Crippen LogP contribution in [0.5, 0.6) is 0 Å². The van der Waals surface area contributed by atoms with Crippen molar-refractivity contribution in [1.29, 1.82) is 0 Å². The smallest absolute Gasteiger partial charge is 0.318 e. The number of rotatable bonds is 3. The lowest BCUT2D eigenvalue weighted by molar-refractivity contribution is -0.148. The zero-order chi connectivity index (χ0) is 12.2. The topological polar surface area (TPSA) is 69.6 Å². The van der Waals surface area contributed by atoms with E-state index < -0.39 is 11.4 Å². The predicted molar refractivity (Wildman–Crippen MR) is 58.8 cm³/mol. The lowest BCUT2D eigenvalue weighted by atomic mass is 9.84. The molecule has 0 aromatic carbocycles. The summed E-state index contributed by atoms with van der Waals surface area (Å²) < 4.78 is 0. The number of carbonyl (C=O) groups excluding carboxylic acids is 1. The number of carboxylic acids is 1. The molecule has 1 rings (SSSR count). The molecule has 1 fully saturated rings. The van der Waals surface area contributed by atoms with Gasteiger partial charge in [-0.3, -0.25) is 4.79 Å². The van der Waals surface area contributed by atoms with E-state index in [0.29, 0.717) is 19.4 Å². The number of aliphatic carboxylic acids is 1. The van der Waals surface area contributed by atoms with E-state index in [2.05, 4.69) is 11.2 Å². The highest BCUT2D eigenvalue weighted by Gasteiger charge is 2.44. The molecule has 5 heteroatoms. The molecule has 1 aliphatic rings. The van der Waals surface area contributed by atoms with E-state index in [1.54, 1.807) is 0 Å². The van der Waals surface area contributed by atoms with Crippen molar-refractivity contribution < 1.29 is 14.7 Å². The van der Waals surface area contributed by atoms with Gasteiger partial charge in [-0.25, -0.2) is 4.79 Å². The molecule has 1 unspecified atom stereocenters. The van der Waals surface area contributed by atoms with Crippen molar-refractivity contribution in [3.05, 3.63) is 0 Å². The second-order valence-corrected chi connectivity index (χ2v) is 3.97. The van der Waals surface area contributed by atoms with Crippen LogP contribution in [0, 0.1) is 17.8 Å². The van der Waals surface area contributed by atoms with Gasteiger partial charge in [0.2, 0.25) is 0 Å². The van der Waals surface area contributed by atoms with E-state index in [-0.39, 0.29) is 19.1 Å².